The molecule has 1 aromatic heterocycles. The Hall–Kier alpha value is -2.42. The Balaban J connectivity index is 1.67. The Bertz CT molecular complexity index is 737. The molecule has 6 nitrogen and oxygen atoms in total. The molecule has 1 aliphatic rings. The molecule has 0 bridgehead atoms. The number of carbonyl (C=O) groups excluding carboxylic acids is 1. The highest BCUT2D eigenvalue weighted by atomic mass is 19.4. The van der Waals surface area contributed by atoms with Gasteiger partial charge in [-0.15, -0.1) is 0 Å². The van der Waals surface area contributed by atoms with Gasteiger partial charge < -0.3 is 14.6 Å². The largest absolute Gasteiger partial charge is 0.471 e. The van der Waals surface area contributed by atoms with Crippen LogP contribution in [0.4, 0.5) is 13.2 Å². The maximum atomic E-state index is 12.5. The Morgan fingerprint density at radius 1 is 1.32 bits per heavy atom. The second-order valence-corrected chi connectivity index (χ2v) is 5.81. The number of hydrogen-bond acceptors (Lipinski definition) is 5. The van der Waals surface area contributed by atoms with Crippen LogP contribution in [0.5, 0.6) is 0 Å². The maximum Gasteiger partial charge on any atom is 0.471 e. The van der Waals surface area contributed by atoms with Gasteiger partial charge in [0.1, 0.15) is 0 Å². The predicted molar refractivity (Wildman–Crippen MR) is 80.6 cm³/mol. The topological polar surface area (TPSA) is 77.3 Å². The maximum absolute atomic E-state index is 12.5. The molecule has 9 heteroatoms. The Morgan fingerprint density at radius 3 is 2.60 bits per heavy atom. The molecule has 25 heavy (non-hydrogen) atoms. The van der Waals surface area contributed by atoms with Gasteiger partial charge >= 0.3 is 12.1 Å². The third-order valence-electron chi connectivity index (χ3n) is 3.96. The van der Waals surface area contributed by atoms with E-state index in [1.165, 1.54) is 24.3 Å². The van der Waals surface area contributed by atoms with E-state index in [0.29, 0.717) is 17.7 Å². The van der Waals surface area contributed by atoms with E-state index in [4.69, 9.17) is 4.74 Å². The molecule has 1 saturated heterocycles. The average Bonchev–Trinajstić information content (AvgIpc) is 3.26. The third kappa shape index (κ3) is 3.98. The molecule has 1 amide bonds. The van der Waals surface area contributed by atoms with Crippen LogP contribution in [0.3, 0.4) is 0 Å². The number of aromatic nitrogens is 2. The van der Waals surface area contributed by atoms with Gasteiger partial charge in [-0.25, -0.2) is 0 Å². The van der Waals surface area contributed by atoms with Gasteiger partial charge in [0.25, 0.3) is 5.91 Å². The molecule has 3 rings (SSSR count). The van der Waals surface area contributed by atoms with Crippen LogP contribution in [0.1, 0.15) is 36.0 Å². The zero-order valence-electron chi connectivity index (χ0n) is 13.3. The van der Waals surface area contributed by atoms with Crippen molar-refractivity contribution in [3.63, 3.8) is 0 Å². The van der Waals surface area contributed by atoms with E-state index >= 15 is 0 Å². The molecule has 1 aromatic carbocycles. The summed E-state index contributed by atoms with van der Waals surface area (Å²) >= 11 is 0. The van der Waals surface area contributed by atoms with Gasteiger partial charge in [-0.1, -0.05) is 17.3 Å². The van der Waals surface area contributed by atoms with Gasteiger partial charge in [-0.2, -0.15) is 18.2 Å². The molecule has 2 heterocycles. The lowest BCUT2D eigenvalue weighted by atomic mass is 10.1. The lowest BCUT2D eigenvalue weighted by Crippen LogP contribution is -2.40. The molecule has 0 saturated carbocycles. The highest BCUT2D eigenvalue weighted by molar-refractivity contribution is 5.94. The number of rotatable bonds is 4. The smallest absolute Gasteiger partial charge is 0.376 e. The summed E-state index contributed by atoms with van der Waals surface area (Å²) in [5.74, 6) is -1.87. The minimum atomic E-state index is -4.69. The minimum Gasteiger partial charge on any atom is -0.376 e. The summed E-state index contributed by atoms with van der Waals surface area (Å²) in [7, 11) is 0. The number of ether oxygens (including phenoxy) is 1. The van der Waals surface area contributed by atoms with E-state index in [9.17, 15) is 18.0 Å². The molecular weight excluding hydrogens is 339 g/mol. The van der Waals surface area contributed by atoms with E-state index in [0.717, 1.165) is 12.8 Å². The summed E-state index contributed by atoms with van der Waals surface area (Å²) in [6.45, 7) is 2.57. The van der Waals surface area contributed by atoms with Crippen molar-refractivity contribution < 1.29 is 27.2 Å². The molecule has 1 fully saturated rings. The predicted octanol–water partition coefficient (Wildman–Crippen LogP) is 3.05. The van der Waals surface area contributed by atoms with Crippen molar-refractivity contribution in [1.29, 1.82) is 0 Å². The zero-order valence-corrected chi connectivity index (χ0v) is 13.3. The van der Waals surface area contributed by atoms with E-state index in [2.05, 4.69) is 20.0 Å². The van der Waals surface area contributed by atoms with Crippen molar-refractivity contribution in [2.45, 2.75) is 38.1 Å². The highest BCUT2D eigenvalue weighted by Gasteiger charge is 2.38. The number of nitrogens with zero attached hydrogens (tertiary/aromatic N) is 2. The second kappa shape index (κ2) is 6.83. The average molecular weight is 355 g/mol. The summed E-state index contributed by atoms with van der Waals surface area (Å²) in [6.07, 6.45) is -2.81. The van der Waals surface area contributed by atoms with Crippen LogP contribution >= 0.6 is 0 Å². The van der Waals surface area contributed by atoms with Crippen molar-refractivity contribution in [2.24, 2.45) is 0 Å². The molecule has 1 aliphatic heterocycles. The van der Waals surface area contributed by atoms with Crippen molar-refractivity contribution in [3.8, 4) is 11.4 Å². The fraction of sp³-hybridized carbons (Fsp3) is 0.438. The molecule has 0 aliphatic carbocycles. The summed E-state index contributed by atoms with van der Waals surface area (Å²) in [6, 6.07) is 5.81. The van der Waals surface area contributed by atoms with Gasteiger partial charge in [0, 0.05) is 17.7 Å². The number of hydrogen-bond donors (Lipinski definition) is 1. The lowest BCUT2D eigenvalue weighted by Gasteiger charge is -2.20. The first-order valence-corrected chi connectivity index (χ1v) is 7.78. The number of amides is 1. The van der Waals surface area contributed by atoms with Gasteiger partial charge in [0.15, 0.2) is 0 Å². The van der Waals surface area contributed by atoms with Crippen LogP contribution < -0.4 is 5.32 Å². The van der Waals surface area contributed by atoms with Crippen LogP contribution in [-0.2, 0) is 10.9 Å². The summed E-state index contributed by atoms with van der Waals surface area (Å²) in [5.41, 5.74) is 0.705. The van der Waals surface area contributed by atoms with Gasteiger partial charge in [-0.05, 0) is 31.9 Å². The van der Waals surface area contributed by atoms with Gasteiger partial charge in [0.05, 0.1) is 12.1 Å². The Morgan fingerprint density at radius 2 is 2.04 bits per heavy atom. The van der Waals surface area contributed by atoms with Crippen LogP contribution in [0.25, 0.3) is 11.4 Å². The molecular formula is C16H16F3N3O3. The van der Waals surface area contributed by atoms with E-state index in [1.54, 1.807) is 0 Å². The van der Waals surface area contributed by atoms with Crippen molar-refractivity contribution in [1.82, 2.24) is 15.5 Å². The number of benzene rings is 1. The quantitative estimate of drug-likeness (QED) is 0.912. The van der Waals surface area contributed by atoms with Crippen LogP contribution in [0, 0.1) is 0 Å². The van der Waals surface area contributed by atoms with Crippen LogP contribution in [0.15, 0.2) is 28.8 Å². The summed E-state index contributed by atoms with van der Waals surface area (Å²) < 4.78 is 47.1. The third-order valence-corrected chi connectivity index (χ3v) is 3.96. The molecule has 1 N–H and O–H groups in total. The minimum absolute atomic E-state index is 0.00310. The van der Waals surface area contributed by atoms with Crippen molar-refractivity contribution in [3.05, 3.63) is 35.7 Å². The monoisotopic (exact) mass is 355 g/mol. The van der Waals surface area contributed by atoms with Crippen LogP contribution in [0.2, 0.25) is 0 Å². The molecule has 0 radical (unpaired) electrons. The normalized spacial score (nSPS) is 19.0. The Labute approximate surface area is 141 Å². The molecule has 2 atom stereocenters. The van der Waals surface area contributed by atoms with Crippen molar-refractivity contribution >= 4 is 5.91 Å². The number of nitrogens with one attached hydrogen (secondary N) is 1. The fourth-order valence-corrected chi connectivity index (χ4v) is 2.61. The number of halogens is 3. The second-order valence-electron chi connectivity index (χ2n) is 5.81. The van der Waals surface area contributed by atoms with Gasteiger partial charge in [-0.3, -0.25) is 4.79 Å². The van der Waals surface area contributed by atoms with E-state index in [-0.39, 0.29) is 23.9 Å². The van der Waals surface area contributed by atoms with E-state index in [1.807, 2.05) is 6.92 Å². The first kappa shape index (κ1) is 17.4. The van der Waals surface area contributed by atoms with Crippen LogP contribution in [-0.4, -0.2) is 34.8 Å². The first-order valence-electron chi connectivity index (χ1n) is 7.78. The van der Waals surface area contributed by atoms with E-state index < -0.39 is 12.1 Å². The number of carbonyl (C=O) groups is 1. The number of alkyl halides is 3. The molecule has 134 valence electrons. The summed E-state index contributed by atoms with van der Waals surface area (Å²) in [5, 5.41) is 6.16. The molecule has 0 spiro atoms. The lowest BCUT2D eigenvalue weighted by molar-refractivity contribution is -0.159. The molecule has 2 aromatic rings. The standard InChI is InChI=1S/C16H16F3N3O3/c1-9(12-3-2-8-24-12)20-14(23)11-6-4-10(5-7-11)13-21-15(25-22-13)16(17,18)19/h4-7,9,12H,2-3,8H2,1H3,(H,20,23)/t9-,12+/m0/s1. The van der Waals surface area contributed by atoms with Crippen molar-refractivity contribution in [2.75, 3.05) is 6.61 Å². The fourth-order valence-electron chi connectivity index (χ4n) is 2.61. The summed E-state index contributed by atoms with van der Waals surface area (Å²) in [4.78, 5) is 15.5. The molecule has 0 unspecified atom stereocenters. The van der Waals surface area contributed by atoms with Gasteiger partial charge in [0.2, 0.25) is 5.82 Å². The SMILES string of the molecule is C[C@H](NC(=O)c1ccc(-c2noc(C(F)(F)F)n2)cc1)[C@H]1CCCO1. The zero-order chi connectivity index (χ0) is 18.0. The highest BCUT2D eigenvalue weighted by Crippen LogP contribution is 2.29. The first-order chi connectivity index (χ1) is 11.8. The Kier molecular flexibility index (Phi) is 4.76.